The lowest BCUT2D eigenvalue weighted by atomic mass is 9.80. The van der Waals surface area contributed by atoms with Gasteiger partial charge in [0.2, 0.25) is 11.8 Å². The molecule has 7 heterocycles. The predicted octanol–water partition coefficient (Wildman–Crippen LogP) is 5.51. The number of nitrogens with zero attached hydrogens (tertiary/aromatic N) is 8. The van der Waals surface area contributed by atoms with Crippen molar-refractivity contribution in [3.8, 4) is 5.75 Å². The first-order valence-corrected chi connectivity index (χ1v) is 20.6. The molecule has 0 bridgehead atoms. The molecule has 2 aliphatic heterocycles. The van der Waals surface area contributed by atoms with Gasteiger partial charge in [-0.2, -0.15) is 5.10 Å². The van der Waals surface area contributed by atoms with E-state index in [9.17, 15) is 19.2 Å². The number of pyridine rings is 1. The van der Waals surface area contributed by atoms with Crippen molar-refractivity contribution in [1.82, 2.24) is 43.3 Å². The number of carbonyl (C=O) groups excluding carboxylic acids is 3. The summed E-state index contributed by atoms with van der Waals surface area (Å²) < 4.78 is 12.9. The minimum Gasteiger partial charge on any atom is -0.490 e. The molecule has 0 radical (unpaired) electrons. The van der Waals surface area contributed by atoms with Gasteiger partial charge in [0.1, 0.15) is 23.1 Å². The van der Waals surface area contributed by atoms with E-state index in [1.54, 1.807) is 33.1 Å². The van der Waals surface area contributed by atoms with E-state index < -0.39 is 11.9 Å². The summed E-state index contributed by atoms with van der Waals surface area (Å²) in [5, 5.41) is 9.72. The number of rotatable bonds is 9. The summed E-state index contributed by atoms with van der Waals surface area (Å²) in [5.74, 6) is 0.888. The van der Waals surface area contributed by atoms with E-state index in [4.69, 9.17) is 9.72 Å². The van der Waals surface area contributed by atoms with Crippen LogP contribution in [0.5, 0.6) is 5.75 Å². The number of aromatic nitrogens is 7. The molecule has 0 spiro atoms. The van der Waals surface area contributed by atoms with Crippen LogP contribution in [-0.2, 0) is 16.6 Å². The van der Waals surface area contributed by atoms with Gasteiger partial charge in [-0.05, 0) is 114 Å². The number of imidazole rings is 2. The summed E-state index contributed by atoms with van der Waals surface area (Å²) in [7, 11) is 1.75. The SMILES string of the molecule is Cc1cnc2c(NC(=O)c3cn4cc(C5CCC(CN6CCC(c7ccc8c(c7)n(C)c(=O)n8C7CCC(=O)NC7=O)CC6)CC5)nc4cc3OC(C)C)cnn2c1. The third-order valence-corrected chi connectivity index (χ3v) is 12.4. The van der Waals surface area contributed by atoms with Gasteiger partial charge in [0.25, 0.3) is 5.91 Å². The van der Waals surface area contributed by atoms with Crippen LogP contribution in [0.15, 0.2) is 60.0 Å². The second-order valence-electron chi connectivity index (χ2n) is 16.8. The van der Waals surface area contributed by atoms with Crippen LogP contribution in [0.3, 0.4) is 0 Å². The molecule has 2 N–H and O–H groups in total. The molecule has 1 aromatic carbocycles. The van der Waals surface area contributed by atoms with Gasteiger partial charge in [-0.1, -0.05) is 6.07 Å². The van der Waals surface area contributed by atoms with Gasteiger partial charge >= 0.3 is 5.69 Å². The number of amides is 3. The van der Waals surface area contributed by atoms with E-state index in [1.807, 2.05) is 49.7 Å². The van der Waals surface area contributed by atoms with E-state index in [-0.39, 0.29) is 30.0 Å². The first kappa shape index (κ1) is 37.7. The van der Waals surface area contributed by atoms with Gasteiger partial charge in [-0.25, -0.2) is 19.3 Å². The summed E-state index contributed by atoms with van der Waals surface area (Å²) in [4.78, 5) is 63.4. The third kappa shape index (κ3) is 7.16. The van der Waals surface area contributed by atoms with Gasteiger partial charge in [0, 0.05) is 56.8 Å². The maximum Gasteiger partial charge on any atom is 0.329 e. The van der Waals surface area contributed by atoms with Crippen LogP contribution in [0.25, 0.3) is 22.3 Å². The minimum atomic E-state index is -0.678. The number of likely N-dealkylation sites (tertiary alicyclic amines) is 1. The molecule has 3 aliphatic rings. The molecule has 9 rings (SSSR count). The lowest BCUT2D eigenvalue weighted by Gasteiger charge is -2.36. The van der Waals surface area contributed by atoms with E-state index in [1.165, 1.54) is 5.56 Å². The van der Waals surface area contributed by atoms with E-state index in [2.05, 4.69) is 43.9 Å². The Kier molecular flexibility index (Phi) is 9.86. The highest BCUT2D eigenvalue weighted by Gasteiger charge is 2.32. The number of carbonyl (C=O) groups is 3. The molecule has 58 heavy (non-hydrogen) atoms. The summed E-state index contributed by atoms with van der Waals surface area (Å²) in [6, 6.07) is 7.39. The quantitative estimate of drug-likeness (QED) is 0.180. The number of aryl methyl sites for hydroxylation is 2. The molecule has 6 aromatic rings. The van der Waals surface area contributed by atoms with E-state index in [0.29, 0.717) is 46.8 Å². The average Bonchev–Trinajstić information content (AvgIpc) is 3.88. The van der Waals surface area contributed by atoms with Gasteiger partial charge in [-0.15, -0.1) is 0 Å². The zero-order chi connectivity index (χ0) is 40.2. The highest BCUT2D eigenvalue weighted by molar-refractivity contribution is 6.07. The van der Waals surface area contributed by atoms with Crippen molar-refractivity contribution < 1.29 is 19.1 Å². The fraction of sp³-hybridized carbons (Fsp3) is 0.465. The largest absolute Gasteiger partial charge is 0.490 e. The number of fused-ring (bicyclic) bond motifs is 3. The van der Waals surface area contributed by atoms with Crippen molar-refractivity contribution >= 4 is 45.7 Å². The van der Waals surface area contributed by atoms with Crippen LogP contribution in [0, 0.1) is 12.8 Å². The predicted molar refractivity (Wildman–Crippen MR) is 218 cm³/mol. The van der Waals surface area contributed by atoms with Gasteiger partial charge in [-0.3, -0.25) is 28.8 Å². The lowest BCUT2D eigenvalue weighted by molar-refractivity contribution is -0.135. The van der Waals surface area contributed by atoms with Crippen LogP contribution in [-0.4, -0.2) is 81.5 Å². The zero-order valence-corrected chi connectivity index (χ0v) is 33.5. The van der Waals surface area contributed by atoms with Crippen LogP contribution in [0.2, 0.25) is 0 Å². The number of nitrogens with one attached hydrogen (secondary N) is 2. The Balaban J connectivity index is 0.816. The minimum absolute atomic E-state index is 0.126. The molecule has 1 aliphatic carbocycles. The third-order valence-electron chi connectivity index (χ3n) is 12.4. The van der Waals surface area contributed by atoms with Crippen LogP contribution >= 0.6 is 0 Å². The Hall–Kier alpha value is -5.83. The Morgan fingerprint density at radius 2 is 1.74 bits per heavy atom. The molecule has 3 amide bonds. The van der Waals surface area contributed by atoms with Crippen LogP contribution in [0.4, 0.5) is 5.69 Å². The topological polar surface area (TPSA) is 162 Å². The number of benzene rings is 1. The van der Waals surface area contributed by atoms with E-state index >= 15 is 0 Å². The molecular formula is C43H50N10O5. The van der Waals surface area contributed by atoms with Gasteiger partial charge < -0.3 is 19.4 Å². The first-order valence-electron chi connectivity index (χ1n) is 20.6. The average molecular weight is 787 g/mol. The summed E-state index contributed by atoms with van der Waals surface area (Å²) in [5.41, 5.74) is 6.84. The molecule has 5 aromatic heterocycles. The Morgan fingerprint density at radius 1 is 0.948 bits per heavy atom. The van der Waals surface area contributed by atoms with Crippen molar-refractivity contribution in [2.24, 2.45) is 13.0 Å². The maximum absolute atomic E-state index is 13.7. The molecule has 1 unspecified atom stereocenters. The first-order chi connectivity index (χ1) is 28.0. The highest BCUT2D eigenvalue weighted by atomic mass is 16.5. The maximum atomic E-state index is 13.7. The fourth-order valence-corrected chi connectivity index (χ4v) is 9.32. The zero-order valence-electron chi connectivity index (χ0n) is 33.5. The highest BCUT2D eigenvalue weighted by Crippen LogP contribution is 2.38. The number of piperidine rings is 2. The standard InChI is InChI=1S/C43H50N10O5/c1-25(2)58-37-18-38-46-33(24-51(38)23-31(37)41(55)47-32-20-45-52-21-26(3)19-44-40(32)52)29-7-5-27(6-8-29)22-50-15-13-28(14-16-50)30-9-10-34-36(17-30)49(4)43(57)53(34)35-11-12-39(54)48-42(35)56/h9-10,17-21,23-25,27-29,35H,5-8,11-16,22H2,1-4H3,(H,47,55)(H,48,54,56). The molecule has 15 nitrogen and oxygen atoms in total. The van der Waals surface area contributed by atoms with Crippen molar-refractivity contribution in [2.45, 2.75) is 96.1 Å². The number of imide groups is 1. The van der Waals surface area contributed by atoms with Crippen LogP contribution < -0.4 is 21.1 Å². The normalized spacial score (nSPS) is 21.0. The van der Waals surface area contributed by atoms with Crippen molar-refractivity contribution in [3.63, 3.8) is 0 Å². The molecule has 1 atom stereocenters. The summed E-state index contributed by atoms with van der Waals surface area (Å²) in [6.07, 6.45) is 16.1. The van der Waals surface area contributed by atoms with Crippen LogP contribution in [0.1, 0.15) is 110 Å². The lowest BCUT2D eigenvalue weighted by Crippen LogP contribution is -2.44. The number of hydrogen-bond donors (Lipinski definition) is 2. The van der Waals surface area contributed by atoms with Crippen molar-refractivity contribution in [1.29, 1.82) is 0 Å². The molecule has 1 saturated carbocycles. The fourth-order valence-electron chi connectivity index (χ4n) is 9.32. The Labute approximate surface area is 335 Å². The number of anilines is 1. The summed E-state index contributed by atoms with van der Waals surface area (Å²) >= 11 is 0. The second kappa shape index (κ2) is 15.2. The summed E-state index contributed by atoms with van der Waals surface area (Å²) in [6.45, 7) is 9.01. The molecule has 3 fully saturated rings. The monoisotopic (exact) mass is 786 g/mol. The Morgan fingerprint density at radius 3 is 2.50 bits per heavy atom. The molecule has 2 saturated heterocycles. The molecule has 302 valence electrons. The second-order valence-corrected chi connectivity index (χ2v) is 16.8. The smallest absolute Gasteiger partial charge is 0.329 e. The number of ether oxygens (including phenoxy) is 1. The van der Waals surface area contributed by atoms with Crippen molar-refractivity contribution in [2.75, 3.05) is 25.0 Å². The molecule has 15 heteroatoms. The number of hydrogen-bond acceptors (Lipinski definition) is 9. The van der Waals surface area contributed by atoms with Gasteiger partial charge in [0.15, 0.2) is 5.65 Å². The Bertz CT molecular complexity index is 2620. The molecular weight excluding hydrogens is 737 g/mol. The van der Waals surface area contributed by atoms with Crippen molar-refractivity contribution in [3.05, 3.63) is 88.1 Å². The van der Waals surface area contributed by atoms with E-state index in [0.717, 1.165) is 86.1 Å². The van der Waals surface area contributed by atoms with Gasteiger partial charge in [0.05, 0.1) is 34.6 Å².